The van der Waals surface area contributed by atoms with Crippen LogP contribution < -0.4 is 0 Å². The van der Waals surface area contributed by atoms with Gasteiger partial charge in [0.2, 0.25) is 0 Å². The Hall–Kier alpha value is -3.40. The maximum atomic E-state index is 13.4. The number of carbonyl (C=O) groups is 2. The van der Waals surface area contributed by atoms with Crippen molar-refractivity contribution in [2.24, 2.45) is 0 Å². The molecule has 4 heteroatoms. The van der Waals surface area contributed by atoms with Gasteiger partial charge >= 0.3 is 0 Å². The second-order valence-corrected chi connectivity index (χ2v) is 10.7. The highest BCUT2D eigenvalue weighted by atomic mass is 16.2. The van der Waals surface area contributed by atoms with Gasteiger partial charge in [0.1, 0.15) is 0 Å². The quantitative estimate of drug-likeness (QED) is 0.421. The van der Waals surface area contributed by atoms with Crippen molar-refractivity contribution >= 4 is 11.8 Å². The first-order valence-electron chi connectivity index (χ1n) is 11.8. The molecular formula is C30H36N2O2. The van der Waals surface area contributed by atoms with Crippen LogP contribution in [0.5, 0.6) is 0 Å². The number of amides is 2. The third-order valence-corrected chi connectivity index (χ3v) is 5.86. The molecule has 0 atom stereocenters. The number of hydrogen-bond acceptors (Lipinski definition) is 2. The summed E-state index contributed by atoms with van der Waals surface area (Å²) in [6.07, 6.45) is 0. The standard InChI is InChI=1S/C30H36N2O2/c1-29(2,3)31(21-23-13-9-7-10-14-23)27(33)25-17-19-26(20-18-25)28(34)32(30(4,5)6)22-24-15-11-8-12-16-24/h7-20H,21-22H2,1-6H3. The molecule has 0 bridgehead atoms. The maximum Gasteiger partial charge on any atom is 0.254 e. The van der Waals surface area contributed by atoms with Gasteiger partial charge in [-0.1, -0.05) is 60.7 Å². The summed E-state index contributed by atoms with van der Waals surface area (Å²) in [7, 11) is 0. The molecule has 0 saturated carbocycles. The minimum atomic E-state index is -0.347. The van der Waals surface area contributed by atoms with E-state index in [4.69, 9.17) is 0 Å². The molecule has 34 heavy (non-hydrogen) atoms. The Morgan fingerprint density at radius 1 is 0.529 bits per heavy atom. The molecule has 0 spiro atoms. The van der Waals surface area contributed by atoms with Crippen molar-refractivity contribution in [3.05, 3.63) is 107 Å². The summed E-state index contributed by atoms with van der Waals surface area (Å²) >= 11 is 0. The van der Waals surface area contributed by atoms with Crippen LogP contribution >= 0.6 is 0 Å². The molecule has 0 saturated heterocycles. The number of rotatable bonds is 6. The van der Waals surface area contributed by atoms with Crippen LogP contribution in [0.1, 0.15) is 73.4 Å². The van der Waals surface area contributed by atoms with E-state index in [1.807, 2.05) is 112 Å². The fourth-order valence-corrected chi connectivity index (χ4v) is 3.83. The largest absolute Gasteiger partial charge is 0.329 e. The molecule has 0 aliphatic rings. The second-order valence-electron chi connectivity index (χ2n) is 10.7. The summed E-state index contributed by atoms with van der Waals surface area (Å²) in [5, 5.41) is 0. The van der Waals surface area contributed by atoms with Gasteiger partial charge in [-0.25, -0.2) is 0 Å². The van der Waals surface area contributed by atoms with Gasteiger partial charge in [0, 0.05) is 35.3 Å². The average molecular weight is 457 g/mol. The SMILES string of the molecule is CC(C)(C)N(Cc1ccccc1)C(=O)c1ccc(C(=O)N(Cc2ccccc2)C(C)(C)C)cc1. The predicted molar refractivity (Wildman–Crippen MR) is 139 cm³/mol. The Bertz CT molecular complexity index is 1000. The van der Waals surface area contributed by atoms with Crippen molar-refractivity contribution in [1.82, 2.24) is 9.80 Å². The number of benzene rings is 3. The van der Waals surface area contributed by atoms with Crippen LogP contribution in [-0.2, 0) is 13.1 Å². The molecule has 0 radical (unpaired) electrons. The van der Waals surface area contributed by atoms with Crippen LogP contribution in [0.15, 0.2) is 84.9 Å². The smallest absolute Gasteiger partial charge is 0.254 e. The van der Waals surface area contributed by atoms with E-state index >= 15 is 0 Å². The number of carbonyl (C=O) groups excluding carboxylic acids is 2. The summed E-state index contributed by atoms with van der Waals surface area (Å²) in [6, 6.07) is 27.1. The first-order chi connectivity index (χ1) is 16.0. The van der Waals surface area contributed by atoms with Crippen LogP contribution in [0.4, 0.5) is 0 Å². The van der Waals surface area contributed by atoms with E-state index < -0.39 is 0 Å². The molecule has 0 aromatic heterocycles. The highest BCUT2D eigenvalue weighted by molar-refractivity contribution is 5.98. The first kappa shape index (κ1) is 25.2. The monoisotopic (exact) mass is 456 g/mol. The Morgan fingerprint density at radius 2 is 0.824 bits per heavy atom. The third-order valence-electron chi connectivity index (χ3n) is 5.86. The molecule has 3 aromatic carbocycles. The van der Waals surface area contributed by atoms with Gasteiger partial charge in [-0.2, -0.15) is 0 Å². The fraction of sp³-hybridized carbons (Fsp3) is 0.333. The highest BCUT2D eigenvalue weighted by Gasteiger charge is 2.29. The van der Waals surface area contributed by atoms with Gasteiger partial charge < -0.3 is 9.80 Å². The third kappa shape index (κ3) is 6.34. The molecule has 0 N–H and O–H groups in total. The van der Waals surface area contributed by atoms with Crippen molar-refractivity contribution in [3.8, 4) is 0 Å². The highest BCUT2D eigenvalue weighted by Crippen LogP contribution is 2.23. The molecule has 4 nitrogen and oxygen atoms in total. The number of hydrogen-bond donors (Lipinski definition) is 0. The Kier molecular flexibility index (Phi) is 7.61. The van der Waals surface area contributed by atoms with Crippen molar-refractivity contribution in [2.75, 3.05) is 0 Å². The van der Waals surface area contributed by atoms with Crippen LogP contribution in [0.25, 0.3) is 0 Å². The van der Waals surface area contributed by atoms with Crippen molar-refractivity contribution in [1.29, 1.82) is 0 Å². The van der Waals surface area contributed by atoms with Gasteiger partial charge in [0.15, 0.2) is 0 Å². The normalized spacial score (nSPS) is 11.7. The number of nitrogens with zero attached hydrogens (tertiary/aromatic N) is 2. The zero-order chi connectivity index (χ0) is 24.9. The van der Waals surface area contributed by atoms with E-state index in [9.17, 15) is 9.59 Å². The Balaban J connectivity index is 1.82. The van der Waals surface area contributed by atoms with Crippen LogP contribution in [0, 0.1) is 0 Å². The molecule has 178 valence electrons. The molecule has 3 aromatic rings. The summed E-state index contributed by atoms with van der Waals surface area (Å²) in [4.78, 5) is 30.6. The van der Waals surface area contributed by atoms with Gasteiger partial charge in [0.25, 0.3) is 11.8 Å². The lowest BCUT2D eigenvalue weighted by atomic mass is 10.00. The van der Waals surface area contributed by atoms with Crippen molar-refractivity contribution in [3.63, 3.8) is 0 Å². The van der Waals surface area contributed by atoms with E-state index in [1.165, 1.54) is 0 Å². The van der Waals surface area contributed by atoms with E-state index in [0.29, 0.717) is 24.2 Å². The Labute approximate surface area is 204 Å². The van der Waals surface area contributed by atoms with E-state index in [2.05, 4.69) is 0 Å². The second kappa shape index (κ2) is 10.3. The van der Waals surface area contributed by atoms with Crippen LogP contribution in [-0.4, -0.2) is 32.7 Å². The lowest BCUT2D eigenvalue weighted by molar-refractivity contribution is 0.0545. The molecular weight excluding hydrogens is 420 g/mol. The van der Waals surface area contributed by atoms with Crippen molar-refractivity contribution < 1.29 is 9.59 Å². The molecule has 2 amide bonds. The van der Waals surface area contributed by atoms with Crippen LogP contribution in [0.3, 0.4) is 0 Å². The molecule has 3 rings (SSSR count). The van der Waals surface area contributed by atoms with Gasteiger partial charge in [-0.05, 0) is 76.9 Å². The zero-order valence-electron chi connectivity index (χ0n) is 21.2. The molecule has 0 aliphatic carbocycles. The van der Waals surface area contributed by atoms with E-state index in [-0.39, 0.29) is 22.9 Å². The fourth-order valence-electron chi connectivity index (χ4n) is 3.83. The molecule has 0 unspecified atom stereocenters. The molecule has 0 fully saturated rings. The van der Waals surface area contributed by atoms with Gasteiger partial charge in [-0.3, -0.25) is 9.59 Å². The maximum absolute atomic E-state index is 13.4. The summed E-state index contributed by atoms with van der Waals surface area (Å²) < 4.78 is 0. The summed E-state index contributed by atoms with van der Waals surface area (Å²) in [5.74, 6) is -0.0976. The molecule has 0 heterocycles. The van der Waals surface area contributed by atoms with Crippen LogP contribution in [0.2, 0.25) is 0 Å². The Morgan fingerprint density at radius 3 is 1.09 bits per heavy atom. The minimum Gasteiger partial charge on any atom is -0.329 e. The average Bonchev–Trinajstić information content (AvgIpc) is 2.80. The summed E-state index contributed by atoms with van der Waals surface area (Å²) in [5.41, 5.74) is 2.62. The minimum absolute atomic E-state index is 0.0488. The predicted octanol–water partition coefficient (Wildman–Crippen LogP) is 6.57. The zero-order valence-corrected chi connectivity index (χ0v) is 21.2. The van der Waals surface area contributed by atoms with E-state index in [1.54, 1.807) is 24.3 Å². The van der Waals surface area contributed by atoms with Gasteiger partial charge in [0.05, 0.1) is 0 Å². The summed E-state index contributed by atoms with van der Waals surface area (Å²) in [6.45, 7) is 13.3. The lowest BCUT2D eigenvalue weighted by Crippen LogP contribution is -2.45. The molecule has 0 aliphatic heterocycles. The van der Waals surface area contributed by atoms with Gasteiger partial charge in [-0.15, -0.1) is 0 Å². The topological polar surface area (TPSA) is 40.6 Å². The lowest BCUT2D eigenvalue weighted by Gasteiger charge is -2.36. The van der Waals surface area contributed by atoms with Crippen molar-refractivity contribution in [2.45, 2.75) is 65.7 Å². The van der Waals surface area contributed by atoms with E-state index in [0.717, 1.165) is 11.1 Å². The first-order valence-corrected chi connectivity index (χ1v) is 11.8.